The summed E-state index contributed by atoms with van der Waals surface area (Å²) in [5, 5.41) is 15.3. The molecule has 9 heteroatoms. The largest absolute Gasteiger partial charge is 0.497 e. The van der Waals surface area contributed by atoms with Crippen molar-refractivity contribution in [3.8, 4) is 11.4 Å². The van der Waals surface area contributed by atoms with Crippen LogP contribution in [0.5, 0.6) is 5.75 Å². The Morgan fingerprint density at radius 3 is 2.85 bits per heavy atom. The SMILES string of the molecule is COc1cccc(-n2cnnc2SCC(=O)Nc2cc(C(C)(C)C)no2)c1. The Hall–Kier alpha value is -2.81. The van der Waals surface area contributed by atoms with Gasteiger partial charge in [0.05, 0.1) is 24.2 Å². The second-order valence-corrected chi connectivity index (χ2v) is 7.79. The maximum absolute atomic E-state index is 12.2. The van der Waals surface area contributed by atoms with E-state index in [1.165, 1.54) is 11.8 Å². The minimum atomic E-state index is -0.211. The number of hydrogen-bond acceptors (Lipinski definition) is 7. The smallest absolute Gasteiger partial charge is 0.237 e. The summed E-state index contributed by atoms with van der Waals surface area (Å²) in [4.78, 5) is 12.2. The molecule has 8 nitrogen and oxygen atoms in total. The summed E-state index contributed by atoms with van der Waals surface area (Å²) in [7, 11) is 1.61. The molecular weight excluding hydrogens is 366 g/mol. The Kier molecular flexibility index (Phi) is 5.50. The van der Waals surface area contributed by atoms with Gasteiger partial charge in [-0.25, -0.2) is 0 Å². The maximum Gasteiger partial charge on any atom is 0.237 e. The quantitative estimate of drug-likeness (QED) is 0.648. The van der Waals surface area contributed by atoms with Gasteiger partial charge in [0.2, 0.25) is 11.8 Å². The lowest BCUT2D eigenvalue weighted by molar-refractivity contribution is -0.113. The lowest BCUT2D eigenvalue weighted by Crippen LogP contribution is -2.14. The van der Waals surface area contributed by atoms with Crippen LogP contribution in [-0.4, -0.2) is 38.7 Å². The molecule has 0 spiro atoms. The number of thioether (sulfide) groups is 1. The molecule has 1 aromatic carbocycles. The summed E-state index contributed by atoms with van der Waals surface area (Å²) in [5.41, 5.74) is 1.49. The van der Waals surface area contributed by atoms with Gasteiger partial charge in [-0.15, -0.1) is 10.2 Å². The molecule has 0 saturated heterocycles. The summed E-state index contributed by atoms with van der Waals surface area (Å²) >= 11 is 1.28. The van der Waals surface area contributed by atoms with Crippen molar-refractivity contribution in [2.75, 3.05) is 18.2 Å². The normalized spacial score (nSPS) is 11.4. The van der Waals surface area contributed by atoms with Crippen molar-refractivity contribution < 1.29 is 14.1 Å². The highest BCUT2D eigenvalue weighted by atomic mass is 32.2. The maximum atomic E-state index is 12.2. The van der Waals surface area contributed by atoms with Crippen molar-refractivity contribution in [3.05, 3.63) is 42.4 Å². The summed E-state index contributed by atoms with van der Waals surface area (Å²) < 4.78 is 12.2. The second kappa shape index (κ2) is 7.83. The average molecular weight is 387 g/mol. The summed E-state index contributed by atoms with van der Waals surface area (Å²) in [6.07, 6.45) is 1.60. The predicted molar refractivity (Wildman–Crippen MR) is 102 cm³/mol. The van der Waals surface area contributed by atoms with Crippen LogP contribution in [0.3, 0.4) is 0 Å². The molecule has 0 radical (unpaired) electrons. The number of nitrogens with one attached hydrogen (secondary N) is 1. The van der Waals surface area contributed by atoms with Crippen molar-refractivity contribution >= 4 is 23.6 Å². The van der Waals surface area contributed by atoms with E-state index in [0.717, 1.165) is 17.1 Å². The lowest BCUT2D eigenvalue weighted by Gasteiger charge is -2.12. The number of hydrogen-bond donors (Lipinski definition) is 1. The van der Waals surface area contributed by atoms with E-state index in [1.54, 1.807) is 24.1 Å². The average Bonchev–Trinajstić information content (AvgIpc) is 3.29. The van der Waals surface area contributed by atoms with Gasteiger partial charge in [0.15, 0.2) is 5.16 Å². The molecule has 0 fully saturated rings. The molecule has 2 heterocycles. The fraction of sp³-hybridized carbons (Fsp3) is 0.333. The number of rotatable bonds is 6. The highest BCUT2D eigenvalue weighted by Gasteiger charge is 2.20. The van der Waals surface area contributed by atoms with Crippen molar-refractivity contribution in [1.29, 1.82) is 0 Å². The van der Waals surface area contributed by atoms with Gasteiger partial charge < -0.3 is 9.26 Å². The monoisotopic (exact) mass is 387 g/mol. The molecule has 27 heavy (non-hydrogen) atoms. The van der Waals surface area contributed by atoms with Gasteiger partial charge in [0.1, 0.15) is 12.1 Å². The number of nitrogens with zero attached hydrogens (tertiary/aromatic N) is 4. The summed E-state index contributed by atoms with van der Waals surface area (Å²) in [6.45, 7) is 6.08. The van der Waals surface area contributed by atoms with Crippen molar-refractivity contribution in [1.82, 2.24) is 19.9 Å². The molecule has 2 aromatic heterocycles. The van der Waals surface area contributed by atoms with Crippen LogP contribution in [0.15, 0.2) is 46.3 Å². The van der Waals surface area contributed by atoms with Crippen LogP contribution in [0.1, 0.15) is 26.5 Å². The van der Waals surface area contributed by atoms with Gasteiger partial charge in [-0.3, -0.25) is 14.7 Å². The predicted octanol–water partition coefficient (Wildman–Crippen LogP) is 3.29. The highest BCUT2D eigenvalue weighted by molar-refractivity contribution is 7.99. The van der Waals surface area contributed by atoms with Gasteiger partial charge in [0.25, 0.3) is 0 Å². The number of ether oxygens (including phenoxy) is 1. The van der Waals surface area contributed by atoms with E-state index in [2.05, 4.69) is 20.7 Å². The van der Waals surface area contributed by atoms with Crippen LogP contribution in [-0.2, 0) is 10.2 Å². The first-order valence-corrected chi connectivity index (χ1v) is 9.29. The molecule has 0 atom stereocenters. The minimum Gasteiger partial charge on any atom is -0.497 e. The molecule has 0 aliphatic carbocycles. The number of methoxy groups -OCH3 is 1. The number of carbonyl (C=O) groups excluding carboxylic acids is 1. The molecule has 0 aliphatic rings. The first-order valence-electron chi connectivity index (χ1n) is 8.31. The number of aromatic nitrogens is 4. The Morgan fingerprint density at radius 2 is 2.15 bits per heavy atom. The van der Waals surface area contributed by atoms with E-state index < -0.39 is 0 Å². The Balaban J connectivity index is 1.63. The zero-order valence-corrected chi connectivity index (χ0v) is 16.4. The number of amides is 1. The summed E-state index contributed by atoms with van der Waals surface area (Å²) in [5.74, 6) is 1.01. The zero-order valence-electron chi connectivity index (χ0n) is 15.6. The van der Waals surface area contributed by atoms with Gasteiger partial charge >= 0.3 is 0 Å². The number of anilines is 1. The molecule has 0 aliphatic heterocycles. The van der Waals surface area contributed by atoms with E-state index in [4.69, 9.17) is 9.26 Å². The third-order valence-electron chi connectivity index (χ3n) is 3.72. The van der Waals surface area contributed by atoms with E-state index in [0.29, 0.717) is 11.0 Å². The number of carbonyl (C=O) groups is 1. The number of benzene rings is 1. The Bertz CT molecular complexity index is 929. The van der Waals surface area contributed by atoms with Crippen molar-refractivity contribution in [3.63, 3.8) is 0 Å². The third-order valence-corrected chi connectivity index (χ3v) is 4.66. The summed E-state index contributed by atoms with van der Waals surface area (Å²) in [6, 6.07) is 9.26. The van der Waals surface area contributed by atoms with Crippen LogP contribution in [0, 0.1) is 0 Å². The molecule has 0 unspecified atom stereocenters. The first-order chi connectivity index (χ1) is 12.9. The second-order valence-electron chi connectivity index (χ2n) is 6.85. The standard InChI is InChI=1S/C18H21N5O3S/c1-18(2,3)14-9-16(26-22-14)20-15(24)10-27-17-21-19-11-23(17)12-6-5-7-13(8-12)25-4/h5-9,11H,10H2,1-4H3,(H,20,24). The minimum absolute atomic E-state index is 0.144. The van der Waals surface area contributed by atoms with E-state index >= 15 is 0 Å². The molecule has 0 saturated carbocycles. The van der Waals surface area contributed by atoms with E-state index in [1.807, 2.05) is 45.0 Å². The molecule has 3 rings (SSSR count). The van der Waals surface area contributed by atoms with E-state index in [9.17, 15) is 4.79 Å². The first kappa shape index (κ1) is 19.0. The van der Waals surface area contributed by atoms with Gasteiger partial charge in [-0.1, -0.05) is 43.8 Å². The van der Waals surface area contributed by atoms with Crippen molar-refractivity contribution in [2.45, 2.75) is 31.3 Å². The Morgan fingerprint density at radius 1 is 1.33 bits per heavy atom. The van der Waals surface area contributed by atoms with Crippen LogP contribution < -0.4 is 10.1 Å². The van der Waals surface area contributed by atoms with Gasteiger partial charge in [0, 0.05) is 17.5 Å². The molecule has 1 N–H and O–H groups in total. The van der Waals surface area contributed by atoms with Crippen LogP contribution in [0.2, 0.25) is 0 Å². The fourth-order valence-electron chi connectivity index (χ4n) is 2.25. The van der Waals surface area contributed by atoms with E-state index in [-0.39, 0.29) is 17.1 Å². The Labute approximate surface area is 161 Å². The molecule has 1 amide bonds. The van der Waals surface area contributed by atoms with Crippen LogP contribution in [0.4, 0.5) is 5.88 Å². The fourth-order valence-corrected chi connectivity index (χ4v) is 2.98. The zero-order chi connectivity index (χ0) is 19.4. The van der Waals surface area contributed by atoms with Crippen molar-refractivity contribution in [2.24, 2.45) is 0 Å². The molecule has 3 aromatic rings. The van der Waals surface area contributed by atoms with Crippen LogP contribution >= 0.6 is 11.8 Å². The molecule has 0 bridgehead atoms. The lowest BCUT2D eigenvalue weighted by atomic mass is 9.92. The van der Waals surface area contributed by atoms with Gasteiger partial charge in [-0.05, 0) is 12.1 Å². The van der Waals surface area contributed by atoms with Crippen LogP contribution in [0.25, 0.3) is 5.69 Å². The highest BCUT2D eigenvalue weighted by Crippen LogP contribution is 2.25. The van der Waals surface area contributed by atoms with Gasteiger partial charge in [-0.2, -0.15) is 0 Å². The third kappa shape index (κ3) is 4.68. The topological polar surface area (TPSA) is 95.1 Å². The molecular formula is C18H21N5O3S. The molecule has 142 valence electrons.